The number of hydrogen-bond acceptors (Lipinski definition) is 6. The van der Waals surface area contributed by atoms with Gasteiger partial charge in [0.05, 0.1) is 0 Å². The largest absolute Gasteiger partial charge is 0.504 e. The van der Waals surface area contributed by atoms with Crippen LogP contribution < -0.4 is 11.3 Å². The van der Waals surface area contributed by atoms with Gasteiger partial charge in [0.25, 0.3) is 0 Å². The summed E-state index contributed by atoms with van der Waals surface area (Å²) in [6, 6.07) is 4.12. The summed E-state index contributed by atoms with van der Waals surface area (Å²) in [4.78, 5) is 32.5. The molecule has 23 heavy (non-hydrogen) atoms. The minimum atomic E-state index is -4.64. The van der Waals surface area contributed by atoms with Crippen molar-refractivity contribution in [3.63, 3.8) is 0 Å². The second-order valence-electron chi connectivity index (χ2n) is 4.29. The molecule has 1 rings (SSSR count). The number of aromatic hydroxyl groups is 2. The van der Waals surface area contributed by atoms with E-state index in [1.165, 1.54) is 25.1 Å². The summed E-state index contributed by atoms with van der Waals surface area (Å²) in [6.45, 7) is 1.43. The summed E-state index contributed by atoms with van der Waals surface area (Å²) >= 11 is 0. The van der Waals surface area contributed by atoms with Gasteiger partial charge >= 0.3 is 13.8 Å². The fourth-order valence-corrected chi connectivity index (χ4v) is 1.28. The van der Waals surface area contributed by atoms with Crippen LogP contribution in [0.2, 0.25) is 0 Å². The van der Waals surface area contributed by atoms with E-state index in [0.717, 1.165) is 0 Å². The summed E-state index contributed by atoms with van der Waals surface area (Å²) in [5, 5.41) is 27.3. The number of nitrogens with one attached hydrogen (secondary N) is 1. The van der Waals surface area contributed by atoms with Crippen molar-refractivity contribution in [2.75, 3.05) is 0 Å². The molecular weight excluding hydrogens is 339 g/mol. The molecule has 13 heteroatoms. The molecule has 1 atom stereocenters. The van der Waals surface area contributed by atoms with Crippen molar-refractivity contribution in [1.82, 2.24) is 5.43 Å². The van der Waals surface area contributed by atoms with Crippen molar-refractivity contribution < 1.29 is 50.3 Å². The molecule has 13 N–H and O–H groups in total. The van der Waals surface area contributed by atoms with E-state index in [0.29, 0.717) is 5.56 Å². The lowest BCUT2D eigenvalue weighted by atomic mass is 9.93. The van der Waals surface area contributed by atoms with Crippen LogP contribution in [0.3, 0.4) is 0 Å². The summed E-state index contributed by atoms with van der Waals surface area (Å²) in [5.74, 6) is 3.55. The molecular formula is C10H21N2O10P. The maximum Gasteiger partial charge on any atom is 0.466 e. The van der Waals surface area contributed by atoms with E-state index in [1.54, 1.807) is 0 Å². The van der Waals surface area contributed by atoms with E-state index in [2.05, 4.69) is 5.43 Å². The van der Waals surface area contributed by atoms with Crippen LogP contribution >= 0.6 is 7.82 Å². The van der Waals surface area contributed by atoms with Crippen molar-refractivity contribution in [2.45, 2.75) is 18.9 Å². The number of carboxylic acid groups (broad SMARTS) is 1. The lowest BCUT2D eigenvalue weighted by Gasteiger charge is -2.23. The van der Waals surface area contributed by atoms with E-state index < -0.39 is 19.3 Å². The summed E-state index contributed by atoms with van der Waals surface area (Å²) < 4.78 is 8.88. The third kappa shape index (κ3) is 10.6. The van der Waals surface area contributed by atoms with Crippen LogP contribution in [0.4, 0.5) is 0 Å². The maximum atomic E-state index is 11.0. The van der Waals surface area contributed by atoms with Crippen LogP contribution in [0.1, 0.15) is 12.5 Å². The Morgan fingerprint density at radius 3 is 1.96 bits per heavy atom. The number of phosphoric acid groups is 1. The molecule has 0 aliphatic heterocycles. The average molecular weight is 360 g/mol. The van der Waals surface area contributed by atoms with Crippen molar-refractivity contribution >= 4 is 13.8 Å². The van der Waals surface area contributed by atoms with Gasteiger partial charge in [-0.1, -0.05) is 6.07 Å². The van der Waals surface area contributed by atoms with Gasteiger partial charge in [-0.2, -0.15) is 0 Å². The van der Waals surface area contributed by atoms with Gasteiger partial charge in [-0.3, -0.25) is 10.6 Å². The lowest BCUT2D eigenvalue weighted by molar-refractivity contribution is -0.144. The molecule has 0 spiro atoms. The molecule has 1 aromatic rings. The first kappa shape index (κ1) is 26.2. The zero-order valence-electron chi connectivity index (χ0n) is 12.0. The van der Waals surface area contributed by atoms with E-state index in [9.17, 15) is 9.90 Å². The summed E-state index contributed by atoms with van der Waals surface area (Å²) in [5.41, 5.74) is 1.45. The molecule has 0 aliphatic carbocycles. The predicted octanol–water partition coefficient (Wildman–Crippen LogP) is -2.63. The topological polar surface area (TPSA) is 257 Å². The van der Waals surface area contributed by atoms with Gasteiger partial charge in [0, 0.05) is 6.42 Å². The first-order valence-electron chi connectivity index (χ1n) is 5.39. The molecule has 0 saturated carbocycles. The smallest absolute Gasteiger partial charge is 0.466 e. The van der Waals surface area contributed by atoms with Gasteiger partial charge in [-0.05, 0) is 24.6 Å². The summed E-state index contributed by atoms with van der Waals surface area (Å²) in [7, 11) is -4.64. The van der Waals surface area contributed by atoms with Crippen LogP contribution in [0.25, 0.3) is 0 Å². The van der Waals surface area contributed by atoms with E-state index in [4.69, 9.17) is 35.3 Å². The quantitative estimate of drug-likeness (QED) is 0.120. The number of aliphatic carboxylic acids is 1. The summed E-state index contributed by atoms with van der Waals surface area (Å²) in [6.07, 6.45) is 0.0900. The van der Waals surface area contributed by atoms with Crippen LogP contribution in [-0.4, -0.2) is 52.5 Å². The third-order valence-electron chi connectivity index (χ3n) is 2.39. The minimum Gasteiger partial charge on any atom is -0.504 e. The number of hydrogen-bond donors (Lipinski definition) is 8. The average Bonchev–Trinajstić information content (AvgIpc) is 2.31. The predicted molar refractivity (Wildman–Crippen MR) is 78.3 cm³/mol. The van der Waals surface area contributed by atoms with E-state index in [-0.39, 0.29) is 28.9 Å². The van der Waals surface area contributed by atoms with Crippen LogP contribution in [-0.2, 0) is 15.8 Å². The monoisotopic (exact) mass is 360 g/mol. The number of phenols is 2. The fraction of sp³-hybridized carbons (Fsp3) is 0.300. The molecule has 0 bridgehead atoms. The number of hydrazine groups is 1. The molecule has 0 aliphatic rings. The maximum absolute atomic E-state index is 11.0. The molecule has 0 fully saturated rings. The van der Waals surface area contributed by atoms with Crippen LogP contribution in [0, 0.1) is 0 Å². The number of phenolic OH excluding ortho intramolecular Hbond substituents is 2. The Bertz CT molecular complexity index is 540. The molecule has 0 amide bonds. The molecule has 0 saturated heterocycles. The van der Waals surface area contributed by atoms with Crippen LogP contribution in [0.5, 0.6) is 11.5 Å². The normalized spacial score (nSPS) is 12.6. The highest BCUT2D eigenvalue weighted by Crippen LogP contribution is 2.27. The van der Waals surface area contributed by atoms with Crippen molar-refractivity contribution in [3.8, 4) is 11.5 Å². The number of benzene rings is 1. The van der Waals surface area contributed by atoms with Gasteiger partial charge in [-0.25, -0.2) is 9.99 Å². The van der Waals surface area contributed by atoms with Gasteiger partial charge < -0.3 is 41.0 Å². The van der Waals surface area contributed by atoms with Gasteiger partial charge in [0.2, 0.25) is 0 Å². The highest BCUT2D eigenvalue weighted by atomic mass is 31.2. The Hall–Kier alpha value is -1.76. The second-order valence-corrected chi connectivity index (χ2v) is 5.32. The van der Waals surface area contributed by atoms with E-state index in [1.807, 2.05) is 0 Å². The zero-order valence-corrected chi connectivity index (χ0v) is 12.9. The highest BCUT2D eigenvalue weighted by molar-refractivity contribution is 7.45. The molecule has 0 heterocycles. The highest BCUT2D eigenvalue weighted by Gasteiger charge is 2.32. The standard InChI is InChI=1S/C10H14N2O4.H3O4P.2H2O/c1-10(12-11,9(15)16)5-6-2-3-7(13)8(14)4-6;1-5(2,3)4;;/h2-4,12-14H,5,11H2,1H3,(H,15,16);(H3,1,2,3,4);2*1H2/t10-;;;/m0.../s1. The van der Waals surface area contributed by atoms with Crippen molar-refractivity contribution in [1.29, 1.82) is 0 Å². The Kier molecular flexibility index (Phi) is 11.5. The van der Waals surface area contributed by atoms with Gasteiger partial charge in [0.1, 0.15) is 5.54 Å². The zero-order chi connectivity index (χ0) is 16.8. The van der Waals surface area contributed by atoms with Gasteiger partial charge in [-0.15, -0.1) is 0 Å². The molecule has 136 valence electrons. The molecule has 0 radical (unpaired) electrons. The fourth-order valence-electron chi connectivity index (χ4n) is 1.28. The lowest BCUT2D eigenvalue weighted by Crippen LogP contribution is -2.54. The Morgan fingerprint density at radius 2 is 1.65 bits per heavy atom. The number of carboxylic acids is 1. The third-order valence-corrected chi connectivity index (χ3v) is 2.39. The number of nitrogens with two attached hydrogens (primary N) is 1. The molecule has 12 nitrogen and oxygen atoms in total. The number of rotatable bonds is 4. The van der Waals surface area contributed by atoms with Crippen LogP contribution in [0.15, 0.2) is 18.2 Å². The first-order valence-corrected chi connectivity index (χ1v) is 6.96. The second kappa shape index (κ2) is 10.1. The molecule has 0 aromatic heterocycles. The Labute approximate surface area is 130 Å². The Morgan fingerprint density at radius 1 is 1.22 bits per heavy atom. The molecule has 0 unspecified atom stereocenters. The van der Waals surface area contributed by atoms with E-state index >= 15 is 0 Å². The molecule has 1 aromatic carbocycles. The number of carbonyl (C=O) groups is 1. The van der Waals surface area contributed by atoms with Crippen molar-refractivity contribution in [3.05, 3.63) is 23.8 Å². The SMILES string of the molecule is C[C@@](Cc1ccc(O)c(O)c1)(NN)C(=O)O.O.O.O=P(O)(O)O. The first-order chi connectivity index (χ1) is 9.39. The Balaban J connectivity index is -0.000000502. The van der Waals surface area contributed by atoms with Gasteiger partial charge in [0.15, 0.2) is 11.5 Å². The minimum absolute atomic E-state index is 0. The van der Waals surface area contributed by atoms with Crippen molar-refractivity contribution in [2.24, 2.45) is 5.84 Å².